The highest BCUT2D eigenvalue weighted by molar-refractivity contribution is 8.00. The summed E-state index contributed by atoms with van der Waals surface area (Å²) in [6.45, 7) is 1.84. The summed E-state index contributed by atoms with van der Waals surface area (Å²) in [6, 6.07) is 26.6. The van der Waals surface area contributed by atoms with Gasteiger partial charge >= 0.3 is 0 Å². The summed E-state index contributed by atoms with van der Waals surface area (Å²) in [7, 11) is 0. The first-order valence-corrected chi connectivity index (χ1v) is 13.6. The van der Waals surface area contributed by atoms with Gasteiger partial charge in [0, 0.05) is 32.4 Å². The van der Waals surface area contributed by atoms with Crippen molar-refractivity contribution in [1.82, 2.24) is 5.32 Å². The van der Waals surface area contributed by atoms with E-state index in [4.69, 9.17) is 11.6 Å². The molecular formula is C31H25ClFN3O3S. The second-order valence-electron chi connectivity index (χ2n) is 8.63. The third-order valence-corrected chi connectivity index (χ3v) is 7.18. The van der Waals surface area contributed by atoms with Gasteiger partial charge in [0.25, 0.3) is 11.8 Å². The minimum absolute atomic E-state index is 0.120. The molecule has 0 saturated carbocycles. The van der Waals surface area contributed by atoms with E-state index in [9.17, 15) is 18.8 Å². The lowest BCUT2D eigenvalue weighted by Gasteiger charge is -2.12. The molecule has 0 spiro atoms. The predicted molar refractivity (Wildman–Crippen MR) is 159 cm³/mol. The van der Waals surface area contributed by atoms with Crippen molar-refractivity contribution in [2.24, 2.45) is 0 Å². The van der Waals surface area contributed by atoms with Gasteiger partial charge in [-0.25, -0.2) is 4.39 Å². The number of thioether (sulfide) groups is 1. The molecule has 4 aromatic carbocycles. The van der Waals surface area contributed by atoms with Crippen LogP contribution in [0.4, 0.5) is 15.8 Å². The Labute approximate surface area is 240 Å². The summed E-state index contributed by atoms with van der Waals surface area (Å²) in [5, 5.41) is 8.75. The minimum Gasteiger partial charge on any atom is -0.325 e. The van der Waals surface area contributed by atoms with Gasteiger partial charge in [-0.3, -0.25) is 14.4 Å². The van der Waals surface area contributed by atoms with Crippen molar-refractivity contribution in [2.45, 2.75) is 11.8 Å². The van der Waals surface area contributed by atoms with Crippen molar-refractivity contribution < 1.29 is 18.8 Å². The van der Waals surface area contributed by atoms with Crippen LogP contribution in [0, 0.1) is 12.7 Å². The fourth-order valence-electron chi connectivity index (χ4n) is 3.60. The van der Waals surface area contributed by atoms with Gasteiger partial charge in [0.2, 0.25) is 5.91 Å². The lowest BCUT2D eigenvalue weighted by atomic mass is 10.1. The van der Waals surface area contributed by atoms with Crippen LogP contribution < -0.4 is 16.0 Å². The first kappa shape index (κ1) is 28.6. The maximum Gasteiger partial charge on any atom is 0.272 e. The quantitative estimate of drug-likeness (QED) is 0.150. The molecule has 3 amide bonds. The predicted octanol–water partition coefficient (Wildman–Crippen LogP) is 6.93. The third kappa shape index (κ3) is 7.81. The zero-order valence-corrected chi connectivity index (χ0v) is 23.0. The Balaban J connectivity index is 1.41. The van der Waals surface area contributed by atoms with Gasteiger partial charge < -0.3 is 16.0 Å². The Morgan fingerprint density at radius 2 is 1.55 bits per heavy atom. The van der Waals surface area contributed by atoms with Crippen LogP contribution in [0.15, 0.2) is 108 Å². The summed E-state index contributed by atoms with van der Waals surface area (Å²) < 4.78 is 14.3. The fraction of sp³-hybridized carbons (Fsp3) is 0.0645. The molecule has 0 aromatic heterocycles. The Kier molecular flexibility index (Phi) is 9.72. The molecule has 0 unspecified atom stereocenters. The average Bonchev–Trinajstić information content (AvgIpc) is 2.96. The van der Waals surface area contributed by atoms with E-state index in [0.29, 0.717) is 22.0 Å². The van der Waals surface area contributed by atoms with Crippen molar-refractivity contribution in [3.05, 3.63) is 130 Å². The van der Waals surface area contributed by atoms with Crippen molar-refractivity contribution in [3.8, 4) is 0 Å². The highest BCUT2D eigenvalue weighted by Crippen LogP contribution is 2.25. The van der Waals surface area contributed by atoms with Gasteiger partial charge in [0.05, 0.1) is 5.75 Å². The summed E-state index contributed by atoms with van der Waals surface area (Å²) in [5.41, 5.74) is 2.30. The van der Waals surface area contributed by atoms with E-state index in [1.807, 2.05) is 6.92 Å². The normalized spacial score (nSPS) is 11.0. The summed E-state index contributed by atoms with van der Waals surface area (Å²) in [5.74, 6) is -1.65. The molecule has 6 nitrogen and oxygen atoms in total. The molecule has 0 bridgehead atoms. The largest absolute Gasteiger partial charge is 0.325 e. The monoisotopic (exact) mass is 573 g/mol. The van der Waals surface area contributed by atoms with Gasteiger partial charge in [0.1, 0.15) is 11.5 Å². The molecule has 0 aliphatic carbocycles. The van der Waals surface area contributed by atoms with Crippen LogP contribution in [0.1, 0.15) is 21.5 Å². The van der Waals surface area contributed by atoms with Crippen molar-refractivity contribution in [3.63, 3.8) is 0 Å². The number of carbonyl (C=O) groups excluding carboxylic acids is 3. The molecule has 0 aliphatic heterocycles. The molecule has 0 saturated heterocycles. The molecule has 202 valence electrons. The Morgan fingerprint density at radius 3 is 2.27 bits per heavy atom. The van der Waals surface area contributed by atoms with Gasteiger partial charge in [0.15, 0.2) is 0 Å². The Bertz CT molecular complexity index is 1560. The van der Waals surface area contributed by atoms with Crippen LogP contribution in [0.25, 0.3) is 6.08 Å². The highest BCUT2D eigenvalue weighted by Gasteiger charge is 2.16. The highest BCUT2D eigenvalue weighted by atomic mass is 35.5. The minimum atomic E-state index is -0.621. The lowest BCUT2D eigenvalue weighted by Crippen LogP contribution is -2.30. The molecule has 0 aliphatic rings. The standard InChI is InChI=1S/C31H25ClFN3O3S/c1-20-25(32)11-7-13-27(20)35-29(37)19-40-24-16-14-23(15-17-24)34-31(39)28(18-22-10-5-6-12-26(22)33)36-30(38)21-8-3-2-4-9-21/h2-18H,19H2,1H3,(H,34,39)(H,35,37)(H,36,38)/b28-18-. The number of rotatable bonds is 9. The van der Waals surface area contributed by atoms with Gasteiger partial charge in [-0.05, 0) is 73.2 Å². The maximum atomic E-state index is 14.3. The number of halogens is 2. The van der Waals surface area contributed by atoms with E-state index in [1.54, 1.807) is 78.9 Å². The molecule has 3 N–H and O–H groups in total. The zero-order valence-electron chi connectivity index (χ0n) is 21.4. The van der Waals surface area contributed by atoms with E-state index in [2.05, 4.69) is 16.0 Å². The smallest absolute Gasteiger partial charge is 0.272 e. The number of hydrogen-bond acceptors (Lipinski definition) is 4. The first-order chi connectivity index (χ1) is 19.3. The molecule has 40 heavy (non-hydrogen) atoms. The van der Waals surface area contributed by atoms with Gasteiger partial charge in [-0.2, -0.15) is 0 Å². The fourth-order valence-corrected chi connectivity index (χ4v) is 4.47. The van der Waals surface area contributed by atoms with Crippen LogP contribution in [0.5, 0.6) is 0 Å². The molecule has 9 heteroatoms. The Morgan fingerprint density at radius 1 is 0.850 bits per heavy atom. The van der Waals surface area contributed by atoms with E-state index in [-0.39, 0.29) is 22.9 Å². The molecule has 4 aromatic rings. The molecule has 0 fully saturated rings. The van der Waals surface area contributed by atoms with Crippen molar-refractivity contribution in [1.29, 1.82) is 0 Å². The Hall–Kier alpha value is -4.40. The number of anilines is 2. The van der Waals surface area contributed by atoms with Crippen LogP contribution in [0.2, 0.25) is 5.02 Å². The van der Waals surface area contributed by atoms with Crippen LogP contribution in [-0.4, -0.2) is 23.5 Å². The molecular weight excluding hydrogens is 549 g/mol. The number of carbonyl (C=O) groups is 3. The number of hydrogen-bond donors (Lipinski definition) is 3. The number of nitrogens with one attached hydrogen (secondary N) is 3. The first-order valence-electron chi connectivity index (χ1n) is 12.2. The van der Waals surface area contributed by atoms with E-state index >= 15 is 0 Å². The zero-order chi connectivity index (χ0) is 28.5. The summed E-state index contributed by atoms with van der Waals surface area (Å²) >= 11 is 7.45. The summed E-state index contributed by atoms with van der Waals surface area (Å²) in [4.78, 5) is 39.1. The second-order valence-corrected chi connectivity index (χ2v) is 10.1. The maximum absolute atomic E-state index is 14.3. The van der Waals surface area contributed by atoms with Crippen LogP contribution in [-0.2, 0) is 9.59 Å². The van der Waals surface area contributed by atoms with Crippen LogP contribution >= 0.6 is 23.4 Å². The molecule has 0 heterocycles. The van der Waals surface area contributed by atoms with E-state index in [1.165, 1.54) is 36.0 Å². The second kappa shape index (κ2) is 13.6. The topological polar surface area (TPSA) is 87.3 Å². The molecule has 0 radical (unpaired) electrons. The van der Waals surface area contributed by atoms with Crippen LogP contribution in [0.3, 0.4) is 0 Å². The number of benzene rings is 4. The third-order valence-electron chi connectivity index (χ3n) is 5.76. The SMILES string of the molecule is Cc1c(Cl)cccc1NC(=O)CSc1ccc(NC(=O)/C(=C/c2ccccc2F)NC(=O)c2ccccc2)cc1. The van der Waals surface area contributed by atoms with Crippen molar-refractivity contribution >= 4 is 58.5 Å². The van der Waals surface area contributed by atoms with E-state index in [0.717, 1.165) is 10.5 Å². The molecule has 0 atom stereocenters. The number of amides is 3. The van der Waals surface area contributed by atoms with Crippen molar-refractivity contribution in [2.75, 3.05) is 16.4 Å². The molecule has 4 rings (SSSR count). The lowest BCUT2D eigenvalue weighted by molar-refractivity contribution is -0.114. The summed E-state index contributed by atoms with van der Waals surface area (Å²) in [6.07, 6.45) is 1.29. The van der Waals surface area contributed by atoms with E-state index < -0.39 is 17.6 Å². The average molecular weight is 574 g/mol. The van der Waals surface area contributed by atoms with Gasteiger partial charge in [-0.15, -0.1) is 11.8 Å². The van der Waals surface area contributed by atoms with Gasteiger partial charge in [-0.1, -0.05) is 54.1 Å².